The molecule has 0 heterocycles. The van der Waals surface area contributed by atoms with Crippen molar-refractivity contribution in [1.82, 2.24) is 0 Å². The van der Waals surface area contributed by atoms with Gasteiger partial charge in [-0.1, -0.05) is 209 Å². The van der Waals surface area contributed by atoms with E-state index in [1.807, 2.05) is 24.3 Å². The lowest BCUT2D eigenvalue weighted by molar-refractivity contribution is -0.167. The smallest absolute Gasteiger partial charge is 0.306 e. The van der Waals surface area contributed by atoms with Crippen LogP contribution in [-0.4, -0.2) is 37.2 Å². The van der Waals surface area contributed by atoms with E-state index in [0.717, 1.165) is 96.3 Å². The van der Waals surface area contributed by atoms with Crippen LogP contribution in [0.5, 0.6) is 0 Å². The van der Waals surface area contributed by atoms with Gasteiger partial charge in [0.2, 0.25) is 0 Å². The molecule has 6 heteroatoms. The lowest BCUT2D eigenvalue weighted by Gasteiger charge is -2.18. The van der Waals surface area contributed by atoms with Crippen molar-refractivity contribution in [1.29, 1.82) is 0 Å². The Balaban J connectivity index is 4.41. The van der Waals surface area contributed by atoms with Crippen LogP contribution in [0.25, 0.3) is 0 Å². The first-order valence-electron chi connectivity index (χ1n) is 23.5. The Morgan fingerprint density at radius 3 is 1.16 bits per heavy atom. The van der Waals surface area contributed by atoms with Crippen molar-refractivity contribution >= 4 is 17.9 Å². The minimum Gasteiger partial charge on any atom is -0.462 e. The molecule has 0 fully saturated rings. The lowest BCUT2D eigenvalue weighted by Crippen LogP contribution is -2.30. The molecular formula is C51H86O6. The molecule has 1 atom stereocenters. The molecule has 0 aromatic carbocycles. The minimum atomic E-state index is -0.786. The highest BCUT2D eigenvalue weighted by atomic mass is 16.6. The van der Waals surface area contributed by atoms with Crippen molar-refractivity contribution in [2.24, 2.45) is 0 Å². The fourth-order valence-corrected chi connectivity index (χ4v) is 6.22. The van der Waals surface area contributed by atoms with Gasteiger partial charge in [-0.25, -0.2) is 0 Å². The highest BCUT2D eigenvalue weighted by Crippen LogP contribution is 2.14. The van der Waals surface area contributed by atoms with Crippen LogP contribution < -0.4 is 0 Å². The molecule has 0 saturated carbocycles. The van der Waals surface area contributed by atoms with E-state index in [1.54, 1.807) is 0 Å². The number of unbranched alkanes of at least 4 members (excludes halogenated alkanes) is 22. The number of hydrogen-bond acceptors (Lipinski definition) is 6. The molecule has 57 heavy (non-hydrogen) atoms. The van der Waals surface area contributed by atoms with Gasteiger partial charge >= 0.3 is 17.9 Å². The van der Waals surface area contributed by atoms with Crippen molar-refractivity contribution in [2.75, 3.05) is 13.2 Å². The predicted octanol–water partition coefficient (Wildman–Crippen LogP) is 15.1. The van der Waals surface area contributed by atoms with Gasteiger partial charge in [-0.2, -0.15) is 0 Å². The summed E-state index contributed by atoms with van der Waals surface area (Å²) in [5, 5.41) is 0. The molecule has 0 aromatic heterocycles. The van der Waals surface area contributed by atoms with Crippen molar-refractivity contribution in [3.05, 3.63) is 72.9 Å². The van der Waals surface area contributed by atoms with Gasteiger partial charge in [0.05, 0.1) is 0 Å². The van der Waals surface area contributed by atoms with Crippen LogP contribution in [0.4, 0.5) is 0 Å². The summed E-state index contributed by atoms with van der Waals surface area (Å²) in [6.45, 7) is 6.45. The predicted molar refractivity (Wildman–Crippen MR) is 242 cm³/mol. The number of ether oxygens (including phenoxy) is 3. The number of carbonyl (C=O) groups excluding carboxylic acids is 3. The van der Waals surface area contributed by atoms with E-state index in [9.17, 15) is 14.4 Å². The molecule has 6 nitrogen and oxygen atoms in total. The molecule has 0 spiro atoms. The van der Waals surface area contributed by atoms with Crippen LogP contribution in [-0.2, 0) is 28.6 Å². The summed E-state index contributed by atoms with van der Waals surface area (Å²) in [5.74, 6) is -0.928. The maximum atomic E-state index is 12.7. The van der Waals surface area contributed by atoms with Crippen LogP contribution in [0, 0.1) is 0 Å². The summed E-state index contributed by atoms with van der Waals surface area (Å²) < 4.78 is 16.7. The normalized spacial score (nSPS) is 12.7. The van der Waals surface area contributed by atoms with Crippen molar-refractivity contribution in [3.8, 4) is 0 Å². The first-order chi connectivity index (χ1) is 28.0. The van der Waals surface area contributed by atoms with E-state index < -0.39 is 6.10 Å². The average Bonchev–Trinajstić information content (AvgIpc) is 3.21. The summed E-state index contributed by atoms with van der Waals surface area (Å²) in [4.78, 5) is 37.7. The molecule has 0 radical (unpaired) electrons. The molecule has 0 aliphatic heterocycles. The van der Waals surface area contributed by atoms with E-state index in [-0.39, 0.29) is 31.1 Å². The molecule has 0 aliphatic carbocycles. The first kappa shape index (κ1) is 53.9. The van der Waals surface area contributed by atoms with E-state index >= 15 is 0 Å². The Labute approximate surface area is 351 Å². The second kappa shape index (κ2) is 45.6. The fourth-order valence-electron chi connectivity index (χ4n) is 6.22. The van der Waals surface area contributed by atoms with Gasteiger partial charge < -0.3 is 14.2 Å². The Bertz CT molecular complexity index is 1100. The number of rotatable bonds is 41. The highest BCUT2D eigenvalue weighted by Gasteiger charge is 2.19. The van der Waals surface area contributed by atoms with Crippen molar-refractivity contribution in [3.63, 3.8) is 0 Å². The molecule has 0 amide bonds. The third kappa shape index (κ3) is 43.8. The summed E-state index contributed by atoms with van der Waals surface area (Å²) in [7, 11) is 0. The number of hydrogen-bond donors (Lipinski definition) is 0. The van der Waals surface area contributed by atoms with Crippen LogP contribution in [0.2, 0.25) is 0 Å². The Hall–Kier alpha value is -3.15. The van der Waals surface area contributed by atoms with Gasteiger partial charge in [0.15, 0.2) is 6.10 Å². The highest BCUT2D eigenvalue weighted by molar-refractivity contribution is 5.71. The molecule has 0 bridgehead atoms. The molecule has 0 rings (SSSR count). The Kier molecular flexibility index (Phi) is 43.0. The first-order valence-corrected chi connectivity index (χ1v) is 23.5. The van der Waals surface area contributed by atoms with Crippen molar-refractivity contribution in [2.45, 2.75) is 219 Å². The molecule has 0 saturated heterocycles. The second-order valence-corrected chi connectivity index (χ2v) is 15.4. The van der Waals surface area contributed by atoms with Gasteiger partial charge in [-0.05, 0) is 57.8 Å². The Morgan fingerprint density at radius 1 is 0.351 bits per heavy atom. The summed E-state index contributed by atoms with van der Waals surface area (Å²) in [5.41, 5.74) is 0. The molecule has 326 valence electrons. The molecule has 0 aromatic rings. The number of esters is 3. The van der Waals surface area contributed by atoms with E-state index in [2.05, 4.69) is 69.4 Å². The van der Waals surface area contributed by atoms with Gasteiger partial charge in [0.25, 0.3) is 0 Å². The third-order valence-electron chi connectivity index (χ3n) is 9.79. The van der Waals surface area contributed by atoms with Crippen LogP contribution in [0.3, 0.4) is 0 Å². The van der Waals surface area contributed by atoms with E-state index in [4.69, 9.17) is 14.2 Å². The van der Waals surface area contributed by atoms with Gasteiger partial charge in [-0.3, -0.25) is 14.4 Å². The SMILES string of the molecule is CCC\C=C/C=C\C=C/C=C\C=C/CCCCCCCC(=O)OCC(COC(=O)CCCCCCCCCCCC)OC(=O)CCCCCCC/C=C\CCCC. The summed E-state index contributed by atoms with van der Waals surface area (Å²) in [6.07, 6.45) is 55.9. The topological polar surface area (TPSA) is 78.9 Å². The van der Waals surface area contributed by atoms with Crippen LogP contribution >= 0.6 is 0 Å². The zero-order valence-corrected chi connectivity index (χ0v) is 37.1. The summed E-state index contributed by atoms with van der Waals surface area (Å²) >= 11 is 0. The second-order valence-electron chi connectivity index (χ2n) is 15.4. The number of allylic oxidation sites excluding steroid dienone is 12. The van der Waals surface area contributed by atoms with Gasteiger partial charge in [0, 0.05) is 19.3 Å². The molecular weight excluding hydrogens is 709 g/mol. The van der Waals surface area contributed by atoms with Crippen molar-refractivity contribution < 1.29 is 28.6 Å². The molecule has 1 unspecified atom stereocenters. The maximum Gasteiger partial charge on any atom is 0.306 e. The third-order valence-corrected chi connectivity index (χ3v) is 9.79. The zero-order valence-electron chi connectivity index (χ0n) is 37.1. The number of carbonyl (C=O) groups is 3. The molecule has 0 N–H and O–H groups in total. The largest absolute Gasteiger partial charge is 0.462 e. The zero-order chi connectivity index (χ0) is 41.5. The monoisotopic (exact) mass is 795 g/mol. The lowest BCUT2D eigenvalue weighted by atomic mass is 10.1. The standard InChI is InChI=1S/C51H86O6/c1-4-7-10-13-16-19-22-23-24-25-26-27-28-30-32-35-38-41-44-50(53)56-47-48(46-55-49(52)43-40-37-34-31-21-18-15-12-9-6-3)57-51(54)45-42-39-36-33-29-20-17-14-11-8-5-2/h10,13-14,16-17,19,22-27,48H,4-9,11-12,15,18,20-21,28-47H2,1-3H3/b13-10-,17-14-,19-16-,23-22-,25-24-,27-26-. The minimum absolute atomic E-state index is 0.0866. The fraction of sp³-hybridized carbons (Fsp3) is 0.706. The Morgan fingerprint density at radius 2 is 0.702 bits per heavy atom. The van der Waals surface area contributed by atoms with Gasteiger partial charge in [0.1, 0.15) is 13.2 Å². The van der Waals surface area contributed by atoms with E-state index in [1.165, 1.54) is 77.0 Å². The quantitative estimate of drug-likeness (QED) is 0.0202. The summed E-state index contributed by atoms with van der Waals surface area (Å²) in [6, 6.07) is 0. The van der Waals surface area contributed by atoms with E-state index in [0.29, 0.717) is 19.3 Å². The average molecular weight is 795 g/mol. The molecule has 0 aliphatic rings. The van der Waals surface area contributed by atoms with Crippen LogP contribution in [0.1, 0.15) is 213 Å². The maximum absolute atomic E-state index is 12.7. The van der Waals surface area contributed by atoms with Crippen LogP contribution in [0.15, 0.2) is 72.9 Å². The van der Waals surface area contributed by atoms with Gasteiger partial charge in [-0.15, -0.1) is 0 Å².